The summed E-state index contributed by atoms with van der Waals surface area (Å²) in [5.41, 5.74) is 6.22. The highest BCUT2D eigenvalue weighted by Gasteiger charge is 2.30. The molecule has 0 aromatic heterocycles. The SMILES string of the molecule is CN(CC(F)(F)F)C(=O)CN=C(N)Nc1ccc2c(c1)OCCCO2.I. The number of alkyl halides is 3. The molecule has 1 amide bonds. The van der Waals surface area contributed by atoms with E-state index >= 15 is 0 Å². The van der Waals surface area contributed by atoms with Crippen molar-refractivity contribution < 1.29 is 27.4 Å². The first-order chi connectivity index (χ1) is 11.7. The van der Waals surface area contributed by atoms with Gasteiger partial charge >= 0.3 is 6.18 Å². The molecule has 0 aliphatic carbocycles. The number of rotatable bonds is 4. The lowest BCUT2D eigenvalue weighted by Gasteiger charge is -2.18. The first-order valence-electron chi connectivity index (χ1n) is 7.52. The zero-order chi connectivity index (χ0) is 18.4. The lowest BCUT2D eigenvalue weighted by molar-refractivity contribution is -0.157. The van der Waals surface area contributed by atoms with E-state index < -0.39 is 25.2 Å². The number of likely N-dealkylation sites (N-methyl/N-ethyl adjacent to an activating group) is 1. The fraction of sp³-hybridized carbons (Fsp3) is 0.467. The number of aliphatic imine (C=N–C) groups is 1. The van der Waals surface area contributed by atoms with Crippen LogP contribution in [0, 0.1) is 0 Å². The minimum absolute atomic E-state index is 0. The van der Waals surface area contributed by atoms with Gasteiger partial charge in [0.1, 0.15) is 13.1 Å². The number of hydrogen-bond acceptors (Lipinski definition) is 4. The highest BCUT2D eigenvalue weighted by Crippen LogP contribution is 2.32. The third-order valence-electron chi connectivity index (χ3n) is 3.25. The normalized spacial score (nSPS) is 14.1. The van der Waals surface area contributed by atoms with Gasteiger partial charge in [0.2, 0.25) is 5.91 Å². The van der Waals surface area contributed by atoms with Gasteiger partial charge in [-0.1, -0.05) is 0 Å². The Bertz CT molecular complexity index is 656. The van der Waals surface area contributed by atoms with Crippen LogP contribution in [0.25, 0.3) is 0 Å². The molecule has 146 valence electrons. The summed E-state index contributed by atoms with van der Waals surface area (Å²) in [6.45, 7) is -0.732. The van der Waals surface area contributed by atoms with Crippen molar-refractivity contribution in [1.82, 2.24) is 4.90 Å². The Morgan fingerprint density at radius 3 is 2.62 bits per heavy atom. The third kappa shape index (κ3) is 7.14. The number of nitrogens with zero attached hydrogens (tertiary/aromatic N) is 2. The molecule has 0 radical (unpaired) electrons. The van der Waals surface area contributed by atoms with Crippen LogP contribution in [0.1, 0.15) is 6.42 Å². The van der Waals surface area contributed by atoms with E-state index in [1.165, 1.54) is 0 Å². The van der Waals surface area contributed by atoms with Gasteiger partial charge in [0.15, 0.2) is 17.5 Å². The Morgan fingerprint density at radius 1 is 1.31 bits per heavy atom. The number of guanidine groups is 1. The monoisotopic (exact) mass is 488 g/mol. The summed E-state index contributed by atoms with van der Waals surface area (Å²) >= 11 is 0. The van der Waals surface area contributed by atoms with Gasteiger partial charge in [0, 0.05) is 25.2 Å². The van der Waals surface area contributed by atoms with Crippen LogP contribution >= 0.6 is 24.0 Å². The predicted octanol–water partition coefficient (Wildman–Crippen LogP) is 2.21. The van der Waals surface area contributed by atoms with Crippen LogP contribution in [0.15, 0.2) is 23.2 Å². The Kier molecular flexibility index (Phi) is 8.24. The Morgan fingerprint density at radius 2 is 1.96 bits per heavy atom. The van der Waals surface area contributed by atoms with Crippen LogP contribution in [0.5, 0.6) is 11.5 Å². The molecular weight excluding hydrogens is 468 g/mol. The van der Waals surface area contributed by atoms with Gasteiger partial charge in [-0.05, 0) is 12.1 Å². The van der Waals surface area contributed by atoms with Gasteiger partial charge < -0.3 is 25.4 Å². The number of fused-ring (bicyclic) bond motifs is 1. The van der Waals surface area contributed by atoms with Crippen LogP contribution in [0.4, 0.5) is 18.9 Å². The van der Waals surface area contributed by atoms with Gasteiger partial charge in [0.25, 0.3) is 0 Å². The number of ether oxygens (including phenoxy) is 2. The van der Waals surface area contributed by atoms with Crippen molar-refractivity contribution in [3.05, 3.63) is 18.2 Å². The van der Waals surface area contributed by atoms with Crippen molar-refractivity contribution in [2.45, 2.75) is 12.6 Å². The number of benzene rings is 1. The fourth-order valence-electron chi connectivity index (χ4n) is 2.06. The second kappa shape index (κ2) is 9.69. The summed E-state index contributed by atoms with van der Waals surface area (Å²) in [6.07, 6.45) is -3.68. The molecule has 0 fully saturated rings. The van der Waals surface area contributed by atoms with E-state index in [0.717, 1.165) is 13.5 Å². The van der Waals surface area contributed by atoms with E-state index in [4.69, 9.17) is 15.2 Å². The van der Waals surface area contributed by atoms with Crippen molar-refractivity contribution in [2.75, 3.05) is 38.7 Å². The van der Waals surface area contributed by atoms with Crippen molar-refractivity contribution in [3.8, 4) is 11.5 Å². The Balaban J connectivity index is 0.00000338. The van der Waals surface area contributed by atoms with Crippen LogP contribution in [-0.2, 0) is 4.79 Å². The number of halogens is 4. The molecule has 0 saturated carbocycles. The number of amides is 1. The summed E-state index contributed by atoms with van der Waals surface area (Å²) < 4.78 is 47.7. The molecule has 3 N–H and O–H groups in total. The maximum Gasteiger partial charge on any atom is 0.406 e. The molecule has 0 unspecified atom stereocenters. The maximum absolute atomic E-state index is 12.2. The molecule has 1 aromatic rings. The van der Waals surface area contributed by atoms with Crippen LogP contribution < -0.4 is 20.5 Å². The molecule has 0 bridgehead atoms. The number of carbonyl (C=O) groups is 1. The van der Waals surface area contributed by atoms with Crippen molar-refractivity contribution in [2.24, 2.45) is 10.7 Å². The van der Waals surface area contributed by atoms with E-state index in [1.807, 2.05) is 0 Å². The average Bonchev–Trinajstić information content (AvgIpc) is 2.75. The number of nitrogens with two attached hydrogens (primary N) is 1. The van der Waals surface area contributed by atoms with Crippen LogP contribution in [0.2, 0.25) is 0 Å². The second-order valence-electron chi connectivity index (χ2n) is 5.40. The lowest BCUT2D eigenvalue weighted by Crippen LogP contribution is -2.37. The highest BCUT2D eigenvalue weighted by atomic mass is 127. The van der Waals surface area contributed by atoms with Crippen LogP contribution in [0.3, 0.4) is 0 Å². The predicted molar refractivity (Wildman–Crippen MR) is 101 cm³/mol. The van der Waals surface area contributed by atoms with Crippen molar-refractivity contribution in [1.29, 1.82) is 0 Å². The summed E-state index contributed by atoms with van der Waals surface area (Å²) in [5.74, 6) is 0.280. The molecule has 1 heterocycles. The van der Waals surface area contributed by atoms with Gasteiger partial charge in [-0.3, -0.25) is 4.79 Å². The number of carbonyl (C=O) groups excluding carboxylic acids is 1. The first kappa shape index (κ1) is 22.1. The minimum atomic E-state index is -4.46. The lowest BCUT2D eigenvalue weighted by atomic mass is 10.3. The van der Waals surface area contributed by atoms with Gasteiger partial charge in [-0.2, -0.15) is 13.2 Å². The zero-order valence-corrected chi connectivity index (χ0v) is 16.3. The highest BCUT2D eigenvalue weighted by molar-refractivity contribution is 14.0. The molecule has 2 rings (SSSR count). The van der Waals surface area contributed by atoms with E-state index in [2.05, 4.69) is 10.3 Å². The van der Waals surface area contributed by atoms with Gasteiger partial charge in [0.05, 0.1) is 13.2 Å². The zero-order valence-electron chi connectivity index (χ0n) is 14.0. The molecule has 0 saturated heterocycles. The Hall–Kier alpha value is -1.92. The van der Waals surface area contributed by atoms with E-state index in [0.29, 0.717) is 35.3 Å². The van der Waals surface area contributed by atoms with Crippen molar-refractivity contribution in [3.63, 3.8) is 0 Å². The molecule has 11 heteroatoms. The first-order valence-corrected chi connectivity index (χ1v) is 7.52. The molecule has 1 aromatic carbocycles. The van der Waals surface area contributed by atoms with E-state index in [9.17, 15) is 18.0 Å². The molecule has 26 heavy (non-hydrogen) atoms. The number of hydrogen-bond donors (Lipinski definition) is 2. The van der Waals surface area contributed by atoms with Crippen LogP contribution in [-0.4, -0.2) is 56.3 Å². The molecule has 0 spiro atoms. The number of anilines is 1. The standard InChI is InChI=1S/C15H19F3N4O3.HI/c1-22(9-15(16,17)18)13(23)8-20-14(19)21-10-3-4-11-12(7-10)25-6-2-5-24-11;/h3-4,7H,2,5-6,8-9H2,1H3,(H3,19,20,21);1H. The summed E-state index contributed by atoms with van der Waals surface area (Å²) in [5, 5.41) is 2.75. The molecule has 7 nitrogen and oxygen atoms in total. The van der Waals surface area contributed by atoms with Gasteiger partial charge in [-0.15, -0.1) is 24.0 Å². The topological polar surface area (TPSA) is 89.2 Å². The summed E-state index contributed by atoms with van der Waals surface area (Å²) in [7, 11) is 1.05. The average molecular weight is 488 g/mol. The molecular formula is C15H20F3IN4O3. The largest absolute Gasteiger partial charge is 0.490 e. The minimum Gasteiger partial charge on any atom is -0.490 e. The van der Waals surface area contributed by atoms with E-state index in [-0.39, 0.29) is 29.9 Å². The molecule has 1 aliphatic rings. The second-order valence-corrected chi connectivity index (χ2v) is 5.40. The molecule has 0 atom stereocenters. The third-order valence-corrected chi connectivity index (χ3v) is 3.25. The molecule has 1 aliphatic heterocycles. The summed E-state index contributed by atoms with van der Waals surface area (Å²) in [4.78, 5) is 15.9. The Labute approximate surface area is 165 Å². The summed E-state index contributed by atoms with van der Waals surface area (Å²) in [6, 6.07) is 5.06. The fourth-order valence-corrected chi connectivity index (χ4v) is 2.06. The number of nitrogens with one attached hydrogen (secondary N) is 1. The quantitative estimate of drug-likeness (QED) is 0.386. The van der Waals surface area contributed by atoms with Crippen molar-refractivity contribution >= 4 is 41.5 Å². The smallest absolute Gasteiger partial charge is 0.406 e. The van der Waals surface area contributed by atoms with Gasteiger partial charge in [-0.25, -0.2) is 4.99 Å². The maximum atomic E-state index is 12.2. The van der Waals surface area contributed by atoms with E-state index in [1.54, 1.807) is 18.2 Å².